The number of nitrogens with two attached hydrogens (primary N) is 1. The summed E-state index contributed by atoms with van der Waals surface area (Å²) in [7, 11) is -3.60. The molecule has 0 fully saturated rings. The van der Waals surface area contributed by atoms with Gasteiger partial charge in [0, 0.05) is 18.4 Å². The first-order chi connectivity index (χ1) is 12.2. The molecule has 0 saturated heterocycles. The average Bonchev–Trinajstić information content (AvgIpc) is 2.61. The lowest BCUT2D eigenvalue weighted by molar-refractivity contribution is -0.122. The van der Waals surface area contributed by atoms with Crippen molar-refractivity contribution in [3.05, 3.63) is 59.4 Å². The Bertz CT molecular complexity index is 924. The summed E-state index contributed by atoms with van der Waals surface area (Å²) in [6, 6.07) is 8.86. The topological polar surface area (TPSA) is 102 Å². The highest BCUT2D eigenvalue weighted by Gasteiger charge is 2.30. The van der Waals surface area contributed by atoms with Crippen molar-refractivity contribution in [2.75, 3.05) is 0 Å². The number of nitrogens with zero attached hydrogens (tertiary/aromatic N) is 1. The summed E-state index contributed by atoms with van der Waals surface area (Å²) in [5, 5.41) is 0. The molecular formula is C19H23N3O3S. The lowest BCUT2D eigenvalue weighted by atomic mass is 9.79. The van der Waals surface area contributed by atoms with Gasteiger partial charge in [-0.3, -0.25) is 9.78 Å². The molecule has 1 heterocycles. The Morgan fingerprint density at radius 2 is 2.04 bits per heavy atom. The third kappa shape index (κ3) is 3.64. The molecule has 1 aliphatic carbocycles. The molecule has 7 heteroatoms. The first-order valence-electron chi connectivity index (χ1n) is 8.55. The Morgan fingerprint density at radius 1 is 1.27 bits per heavy atom. The number of primary amides is 1. The van der Waals surface area contributed by atoms with Gasteiger partial charge in [0.25, 0.3) is 0 Å². The summed E-state index contributed by atoms with van der Waals surface area (Å²) in [6.07, 6.45) is 4.97. The first-order valence-corrected chi connectivity index (χ1v) is 10.0. The predicted octanol–water partition coefficient (Wildman–Crippen LogP) is 1.68. The van der Waals surface area contributed by atoms with Crippen molar-refractivity contribution in [3.8, 4) is 0 Å². The fourth-order valence-corrected chi connectivity index (χ4v) is 4.42. The van der Waals surface area contributed by atoms with Gasteiger partial charge in [-0.1, -0.05) is 18.2 Å². The molecule has 3 N–H and O–H groups in total. The van der Waals surface area contributed by atoms with Crippen molar-refractivity contribution >= 4 is 15.9 Å². The molecule has 1 aromatic carbocycles. The summed E-state index contributed by atoms with van der Waals surface area (Å²) >= 11 is 0. The van der Waals surface area contributed by atoms with Crippen LogP contribution in [-0.4, -0.2) is 25.4 Å². The number of carbonyl (C=O) groups excluding carboxylic acids is 1. The molecule has 1 atom stereocenters. The van der Waals surface area contributed by atoms with Crippen molar-refractivity contribution in [1.29, 1.82) is 0 Å². The molecule has 1 aromatic heterocycles. The second-order valence-corrected chi connectivity index (χ2v) is 8.94. The lowest BCUT2D eigenvalue weighted by Crippen LogP contribution is -2.39. The quantitative estimate of drug-likeness (QED) is 0.832. The Balaban J connectivity index is 1.82. The van der Waals surface area contributed by atoms with Crippen molar-refractivity contribution < 1.29 is 13.2 Å². The molecule has 0 spiro atoms. The Kier molecular flexibility index (Phi) is 4.86. The van der Waals surface area contributed by atoms with E-state index < -0.39 is 15.4 Å². The van der Waals surface area contributed by atoms with Gasteiger partial charge in [-0.05, 0) is 61.9 Å². The number of benzene rings is 1. The number of pyridine rings is 1. The van der Waals surface area contributed by atoms with Crippen LogP contribution in [0.4, 0.5) is 0 Å². The number of carbonyl (C=O) groups is 1. The van der Waals surface area contributed by atoms with E-state index in [4.69, 9.17) is 5.73 Å². The van der Waals surface area contributed by atoms with E-state index in [-0.39, 0.29) is 16.8 Å². The van der Waals surface area contributed by atoms with Crippen LogP contribution in [0.1, 0.15) is 37.0 Å². The van der Waals surface area contributed by atoms with E-state index >= 15 is 0 Å². The number of aromatic nitrogens is 1. The number of amides is 1. The van der Waals surface area contributed by atoms with E-state index in [0.717, 1.165) is 24.0 Å². The van der Waals surface area contributed by atoms with Gasteiger partial charge in [0.1, 0.15) is 4.90 Å². The van der Waals surface area contributed by atoms with Gasteiger partial charge in [0.15, 0.2) is 0 Å². The van der Waals surface area contributed by atoms with Crippen molar-refractivity contribution in [3.63, 3.8) is 0 Å². The molecule has 1 unspecified atom stereocenters. The number of hydrogen-bond donors (Lipinski definition) is 2. The van der Waals surface area contributed by atoms with E-state index in [9.17, 15) is 13.2 Å². The fraction of sp³-hybridized carbons (Fsp3) is 0.368. The number of sulfonamides is 1. The highest BCUT2D eigenvalue weighted by Crippen LogP contribution is 2.29. The third-order valence-corrected chi connectivity index (χ3v) is 6.54. The maximum Gasteiger partial charge on any atom is 0.242 e. The number of fused-ring (bicyclic) bond motifs is 1. The van der Waals surface area contributed by atoms with Crippen LogP contribution in [0.5, 0.6) is 0 Å². The molecule has 0 aliphatic heterocycles. The molecule has 2 aromatic rings. The normalized spacial score (nSPS) is 17.5. The van der Waals surface area contributed by atoms with Gasteiger partial charge in [-0.15, -0.1) is 0 Å². The van der Waals surface area contributed by atoms with Crippen LogP contribution >= 0.6 is 0 Å². The third-order valence-electron chi connectivity index (χ3n) is 5.04. The largest absolute Gasteiger partial charge is 0.369 e. The number of aryl methyl sites for hydroxylation is 1. The van der Waals surface area contributed by atoms with E-state index in [1.165, 1.54) is 24.0 Å². The monoisotopic (exact) mass is 373 g/mol. The number of hydrogen-bond acceptors (Lipinski definition) is 4. The Labute approximate surface area is 153 Å². The zero-order chi connectivity index (χ0) is 18.9. The van der Waals surface area contributed by atoms with Crippen molar-refractivity contribution in [2.24, 2.45) is 5.73 Å². The Morgan fingerprint density at radius 3 is 2.69 bits per heavy atom. The van der Waals surface area contributed by atoms with E-state index in [2.05, 4.69) is 9.71 Å². The van der Waals surface area contributed by atoms with Crippen LogP contribution in [0.15, 0.2) is 47.6 Å². The van der Waals surface area contributed by atoms with Crippen molar-refractivity contribution in [2.45, 2.75) is 49.5 Å². The van der Waals surface area contributed by atoms with Gasteiger partial charge < -0.3 is 5.73 Å². The SMILES string of the molecule is CC(C)(C(N)=O)c1ccc2c(c1)CC(NS(=O)(=O)c1cccnc1)CC2. The smallest absolute Gasteiger partial charge is 0.242 e. The molecule has 26 heavy (non-hydrogen) atoms. The van der Waals surface area contributed by atoms with Crippen LogP contribution in [0.3, 0.4) is 0 Å². The highest BCUT2D eigenvalue weighted by atomic mass is 32.2. The van der Waals surface area contributed by atoms with Gasteiger partial charge in [0.05, 0.1) is 5.41 Å². The number of rotatable bonds is 5. The van der Waals surface area contributed by atoms with E-state index in [0.29, 0.717) is 6.42 Å². The molecular weight excluding hydrogens is 350 g/mol. The molecule has 0 bridgehead atoms. The Hall–Kier alpha value is -2.25. The van der Waals surface area contributed by atoms with Gasteiger partial charge in [-0.25, -0.2) is 13.1 Å². The van der Waals surface area contributed by atoms with Crippen molar-refractivity contribution in [1.82, 2.24) is 9.71 Å². The predicted molar refractivity (Wildman–Crippen MR) is 99.0 cm³/mol. The molecule has 1 amide bonds. The molecule has 6 nitrogen and oxygen atoms in total. The van der Waals surface area contributed by atoms with Gasteiger partial charge in [-0.2, -0.15) is 0 Å². The average molecular weight is 373 g/mol. The fourth-order valence-electron chi connectivity index (χ4n) is 3.18. The summed E-state index contributed by atoms with van der Waals surface area (Å²) in [5.41, 5.74) is 7.84. The maximum atomic E-state index is 12.5. The first kappa shape index (κ1) is 18.5. The van der Waals surface area contributed by atoms with Gasteiger partial charge in [0.2, 0.25) is 15.9 Å². The molecule has 138 valence electrons. The van der Waals surface area contributed by atoms with Crippen LogP contribution in [0, 0.1) is 0 Å². The zero-order valence-corrected chi connectivity index (χ0v) is 15.7. The second kappa shape index (κ2) is 6.81. The lowest BCUT2D eigenvalue weighted by Gasteiger charge is -2.28. The van der Waals surface area contributed by atoms with Crippen LogP contribution < -0.4 is 10.5 Å². The molecule has 0 radical (unpaired) electrons. The molecule has 0 saturated carbocycles. The maximum absolute atomic E-state index is 12.5. The van der Waals surface area contributed by atoms with Gasteiger partial charge >= 0.3 is 0 Å². The summed E-state index contributed by atoms with van der Waals surface area (Å²) in [5.74, 6) is -0.387. The van der Waals surface area contributed by atoms with Crippen LogP contribution in [-0.2, 0) is 33.1 Å². The van der Waals surface area contributed by atoms with Crippen LogP contribution in [0.25, 0.3) is 0 Å². The molecule has 1 aliphatic rings. The summed E-state index contributed by atoms with van der Waals surface area (Å²) in [4.78, 5) is 15.8. The minimum absolute atomic E-state index is 0.161. The highest BCUT2D eigenvalue weighted by molar-refractivity contribution is 7.89. The van der Waals surface area contributed by atoms with E-state index in [1.54, 1.807) is 19.9 Å². The zero-order valence-electron chi connectivity index (χ0n) is 14.9. The summed E-state index contributed by atoms with van der Waals surface area (Å²) in [6.45, 7) is 3.59. The second-order valence-electron chi connectivity index (χ2n) is 7.22. The number of nitrogens with one attached hydrogen (secondary N) is 1. The standard InChI is InChI=1S/C19H23N3O3S/c1-19(2,18(20)23)15-7-5-13-6-8-16(11-14(13)10-15)22-26(24,25)17-4-3-9-21-12-17/h3-5,7,9-10,12,16,22H,6,8,11H2,1-2H3,(H2,20,23). The van der Waals surface area contributed by atoms with E-state index in [1.807, 2.05) is 18.2 Å². The minimum atomic E-state index is -3.60. The molecule has 3 rings (SSSR count). The minimum Gasteiger partial charge on any atom is -0.369 e. The van der Waals surface area contributed by atoms with Crippen LogP contribution in [0.2, 0.25) is 0 Å². The summed E-state index contributed by atoms with van der Waals surface area (Å²) < 4.78 is 27.8.